The maximum absolute atomic E-state index is 11.8. The Morgan fingerprint density at radius 1 is 1.53 bits per heavy atom. The lowest BCUT2D eigenvalue weighted by Crippen LogP contribution is -2.24. The first-order chi connectivity index (χ1) is 7.31. The molecule has 0 bridgehead atoms. The van der Waals surface area contributed by atoms with E-state index in [4.69, 9.17) is 10.3 Å². The number of aromatic nitrogens is 2. The number of nitrogens with two attached hydrogens (primary N) is 1. The van der Waals surface area contributed by atoms with Crippen molar-refractivity contribution < 1.29 is 4.52 Å². The molecular formula is C10H11N3O2. The summed E-state index contributed by atoms with van der Waals surface area (Å²) in [4.78, 5) is 11.8. The van der Waals surface area contributed by atoms with Crippen LogP contribution in [0.1, 0.15) is 11.1 Å². The zero-order valence-corrected chi connectivity index (χ0v) is 8.09. The molecule has 0 radical (unpaired) electrons. The van der Waals surface area contributed by atoms with Crippen LogP contribution in [0, 0.1) is 0 Å². The number of nitrogens with zero attached hydrogens (tertiary/aromatic N) is 2. The lowest BCUT2D eigenvalue weighted by molar-refractivity contribution is 0.418. The molecule has 0 atom stereocenters. The van der Waals surface area contributed by atoms with Crippen molar-refractivity contribution in [1.82, 2.24) is 9.72 Å². The van der Waals surface area contributed by atoms with Crippen LogP contribution in [-0.4, -0.2) is 9.72 Å². The predicted octanol–water partition coefficient (Wildman–Crippen LogP) is 0.343. The molecule has 0 aliphatic rings. The average molecular weight is 205 g/mol. The second-order valence-electron chi connectivity index (χ2n) is 3.20. The Morgan fingerprint density at radius 3 is 3.07 bits per heavy atom. The van der Waals surface area contributed by atoms with Gasteiger partial charge in [-0.1, -0.05) is 11.2 Å². The van der Waals surface area contributed by atoms with Crippen molar-refractivity contribution in [3.63, 3.8) is 0 Å². The normalized spacial score (nSPS) is 10.5. The molecule has 0 fully saturated rings. The maximum atomic E-state index is 11.8. The van der Waals surface area contributed by atoms with Gasteiger partial charge >= 0.3 is 0 Å². The highest BCUT2D eigenvalue weighted by atomic mass is 16.5. The topological polar surface area (TPSA) is 74.1 Å². The first kappa shape index (κ1) is 9.67. The Kier molecular flexibility index (Phi) is 2.64. The lowest BCUT2D eigenvalue weighted by atomic mass is 10.2. The lowest BCUT2D eigenvalue weighted by Gasteiger charge is -2.04. The van der Waals surface area contributed by atoms with Gasteiger partial charge in [0.1, 0.15) is 6.26 Å². The van der Waals surface area contributed by atoms with E-state index in [2.05, 4.69) is 5.16 Å². The minimum Gasteiger partial charge on any atom is -0.364 e. The fourth-order valence-electron chi connectivity index (χ4n) is 1.37. The molecule has 15 heavy (non-hydrogen) atoms. The quantitative estimate of drug-likeness (QED) is 0.784. The molecule has 0 saturated heterocycles. The standard InChI is InChI=1S/C10H11N3O2/c11-4-9-2-1-3-13(10(9)14)6-8-5-12-15-7-8/h1-3,5,7H,4,6,11H2. The summed E-state index contributed by atoms with van der Waals surface area (Å²) in [6.45, 7) is 0.708. The molecule has 2 aromatic rings. The number of rotatable bonds is 3. The smallest absolute Gasteiger partial charge is 0.255 e. The first-order valence-electron chi connectivity index (χ1n) is 4.58. The van der Waals surface area contributed by atoms with Gasteiger partial charge in [-0.05, 0) is 6.07 Å². The van der Waals surface area contributed by atoms with Crippen LogP contribution < -0.4 is 11.3 Å². The Labute approximate surface area is 86.1 Å². The van der Waals surface area contributed by atoms with Crippen molar-refractivity contribution in [1.29, 1.82) is 0 Å². The SMILES string of the molecule is NCc1cccn(Cc2cnoc2)c1=O. The van der Waals surface area contributed by atoms with Crippen LogP contribution in [0.2, 0.25) is 0 Å². The van der Waals surface area contributed by atoms with Gasteiger partial charge in [0.2, 0.25) is 0 Å². The van der Waals surface area contributed by atoms with Crippen molar-refractivity contribution in [3.05, 3.63) is 52.3 Å². The molecule has 5 heteroatoms. The van der Waals surface area contributed by atoms with Gasteiger partial charge in [-0.25, -0.2) is 0 Å². The molecule has 0 aliphatic carbocycles. The Balaban J connectivity index is 2.33. The molecular weight excluding hydrogens is 194 g/mol. The summed E-state index contributed by atoms with van der Waals surface area (Å²) in [5.41, 5.74) is 6.84. The fourth-order valence-corrected chi connectivity index (χ4v) is 1.37. The molecule has 2 aromatic heterocycles. The van der Waals surface area contributed by atoms with Gasteiger partial charge in [0.05, 0.1) is 12.7 Å². The first-order valence-corrected chi connectivity index (χ1v) is 4.58. The van der Waals surface area contributed by atoms with Gasteiger partial charge in [-0.15, -0.1) is 0 Å². The summed E-state index contributed by atoms with van der Waals surface area (Å²) in [6.07, 6.45) is 4.82. The van der Waals surface area contributed by atoms with Gasteiger partial charge in [0.25, 0.3) is 5.56 Å². The maximum Gasteiger partial charge on any atom is 0.255 e. The molecule has 0 unspecified atom stereocenters. The van der Waals surface area contributed by atoms with E-state index in [1.165, 1.54) is 6.26 Å². The van der Waals surface area contributed by atoms with E-state index in [0.29, 0.717) is 12.1 Å². The molecule has 0 spiro atoms. The largest absolute Gasteiger partial charge is 0.364 e. The highest BCUT2D eigenvalue weighted by Gasteiger charge is 2.02. The zero-order chi connectivity index (χ0) is 10.7. The van der Waals surface area contributed by atoms with Gasteiger partial charge in [0.15, 0.2) is 0 Å². The summed E-state index contributed by atoms with van der Waals surface area (Å²) in [5.74, 6) is 0. The van der Waals surface area contributed by atoms with Crippen molar-refractivity contribution in [2.45, 2.75) is 13.1 Å². The van der Waals surface area contributed by atoms with Crippen LogP contribution in [0.4, 0.5) is 0 Å². The van der Waals surface area contributed by atoms with Gasteiger partial charge in [-0.3, -0.25) is 4.79 Å². The minimum absolute atomic E-state index is 0.0683. The van der Waals surface area contributed by atoms with Gasteiger partial charge in [-0.2, -0.15) is 0 Å². The third kappa shape index (κ3) is 1.97. The Morgan fingerprint density at radius 2 is 2.40 bits per heavy atom. The summed E-state index contributed by atoms with van der Waals surface area (Å²) in [7, 11) is 0. The molecule has 2 rings (SSSR count). The molecule has 78 valence electrons. The van der Waals surface area contributed by atoms with Crippen molar-refractivity contribution >= 4 is 0 Å². The van der Waals surface area contributed by atoms with Crippen molar-refractivity contribution in [3.8, 4) is 0 Å². The van der Waals surface area contributed by atoms with Gasteiger partial charge < -0.3 is 14.8 Å². The van der Waals surface area contributed by atoms with Crippen LogP contribution in [0.3, 0.4) is 0 Å². The van der Waals surface area contributed by atoms with Gasteiger partial charge in [0, 0.05) is 23.9 Å². The third-order valence-corrected chi connectivity index (χ3v) is 2.16. The predicted molar refractivity (Wildman–Crippen MR) is 54.2 cm³/mol. The molecule has 0 aromatic carbocycles. The molecule has 0 amide bonds. The van der Waals surface area contributed by atoms with Crippen molar-refractivity contribution in [2.75, 3.05) is 0 Å². The summed E-state index contributed by atoms with van der Waals surface area (Å²) in [5, 5.41) is 3.58. The number of hydrogen-bond donors (Lipinski definition) is 1. The number of hydrogen-bond acceptors (Lipinski definition) is 4. The van der Waals surface area contributed by atoms with Crippen LogP contribution >= 0.6 is 0 Å². The molecule has 0 saturated carbocycles. The van der Waals surface area contributed by atoms with E-state index >= 15 is 0 Å². The van der Waals surface area contributed by atoms with Crippen LogP contribution in [-0.2, 0) is 13.1 Å². The van der Waals surface area contributed by atoms with E-state index in [1.54, 1.807) is 29.1 Å². The summed E-state index contributed by atoms with van der Waals surface area (Å²) in [6, 6.07) is 3.53. The highest BCUT2D eigenvalue weighted by molar-refractivity contribution is 5.11. The average Bonchev–Trinajstić information content (AvgIpc) is 2.74. The van der Waals surface area contributed by atoms with Crippen molar-refractivity contribution in [2.24, 2.45) is 5.73 Å². The summed E-state index contributed by atoms with van der Waals surface area (Å²) >= 11 is 0. The van der Waals surface area contributed by atoms with Crippen LogP contribution in [0.25, 0.3) is 0 Å². The molecule has 2 heterocycles. The minimum atomic E-state index is -0.0683. The number of pyridine rings is 1. The third-order valence-electron chi connectivity index (χ3n) is 2.16. The molecule has 5 nitrogen and oxygen atoms in total. The second-order valence-corrected chi connectivity index (χ2v) is 3.20. The Bertz CT molecular complexity index is 488. The van der Waals surface area contributed by atoms with Crippen LogP contribution in [0.5, 0.6) is 0 Å². The van der Waals surface area contributed by atoms with E-state index < -0.39 is 0 Å². The van der Waals surface area contributed by atoms with E-state index in [1.807, 2.05) is 0 Å². The molecule has 0 aliphatic heterocycles. The molecule has 2 N–H and O–H groups in total. The fraction of sp³-hybridized carbons (Fsp3) is 0.200. The van der Waals surface area contributed by atoms with E-state index in [-0.39, 0.29) is 12.1 Å². The summed E-state index contributed by atoms with van der Waals surface area (Å²) < 4.78 is 6.27. The van der Waals surface area contributed by atoms with Crippen LogP contribution in [0.15, 0.2) is 40.1 Å². The highest BCUT2D eigenvalue weighted by Crippen LogP contribution is 1.99. The zero-order valence-electron chi connectivity index (χ0n) is 8.09. The monoisotopic (exact) mass is 205 g/mol. The second kappa shape index (κ2) is 4.10. The van der Waals surface area contributed by atoms with E-state index in [9.17, 15) is 4.79 Å². The Hall–Kier alpha value is -1.88. The van der Waals surface area contributed by atoms with E-state index in [0.717, 1.165) is 5.56 Å².